The standard InChI is InChI=1S/C17H16N2/c18-17-16(7-4-12-19-17)15-10-8-14(9-11-15)13-5-2-1-3-6-13/h1-12,17,19H,18H2. The Bertz CT molecular complexity index is 609. The van der Waals surface area contributed by atoms with Crippen LogP contribution in [-0.4, -0.2) is 6.17 Å². The molecule has 1 heterocycles. The molecule has 0 bridgehead atoms. The zero-order valence-electron chi connectivity index (χ0n) is 10.6. The summed E-state index contributed by atoms with van der Waals surface area (Å²) in [6.07, 6.45) is 5.77. The van der Waals surface area contributed by atoms with Crippen molar-refractivity contribution in [2.45, 2.75) is 6.17 Å². The molecule has 0 radical (unpaired) electrons. The van der Waals surface area contributed by atoms with E-state index in [4.69, 9.17) is 5.73 Å². The highest BCUT2D eigenvalue weighted by Crippen LogP contribution is 2.24. The number of rotatable bonds is 2. The molecule has 0 saturated heterocycles. The van der Waals surface area contributed by atoms with Crippen molar-refractivity contribution in [1.29, 1.82) is 0 Å². The van der Waals surface area contributed by atoms with Crippen molar-refractivity contribution in [2.24, 2.45) is 5.73 Å². The molecule has 0 aromatic heterocycles. The van der Waals surface area contributed by atoms with E-state index in [1.165, 1.54) is 11.1 Å². The Balaban J connectivity index is 1.91. The lowest BCUT2D eigenvalue weighted by Crippen LogP contribution is -2.36. The van der Waals surface area contributed by atoms with E-state index in [1.54, 1.807) is 0 Å². The Morgan fingerprint density at radius 2 is 1.42 bits per heavy atom. The molecule has 0 saturated carbocycles. The van der Waals surface area contributed by atoms with Crippen molar-refractivity contribution in [3.8, 4) is 11.1 Å². The first kappa shape index (κ1) is 11.8. The van der Waals surface area contributed by atoms with Gasteiger partial charge in [0.2, 0.25) is 0 Å². The highest BCUT2D eigenvalue weighted by molar-refractivity contribution is 5.74. The maximum Gasteiger partial charge on any atom is 0.101 e. The van der Waals surface area contributed by atoms with Crippen LogP contribution < -0.4 is 11.1 Å². The van der Waals surface area contributed by atoms with E-state index >= 15 is 0 Å². The Hall–Kier alpha value is -2.32. The Kier molecular flexibility index (Phi) is 3.17. The van der Waals surface area contributed by atoms with Gasteiger partial charge < -0.3 is 11.1 Å². The second-order valence-electron chi connectivity index (χ2n) is 4.57. The quantitative estimate of drug-likeness (QED) is 0.857. The van der Waals surface area contributed by atoms with E-state index < -0.39 is 0 Å². The monoisotopic (exact) mass is 248 g/mol. The molecule has 94 valence electrons. The normalized spacial score (nSPS) is 17.7. The Morgan fingerprint density at radius 3 is 2.11 bits per heavy atom. The minimum atomic E-state index is -0.132. The molecule has 0 amide bonds. The van der Waals surface area contributed by atoms with Crippen LogP contribution >= 0.6 is 0 Å². The lowest BCUT2D eigenvalue weighted by atomic mass is 9.98. The molecule has 0 spiro atoms. The molecule has 2 nitrogen and oxygen atoms in total. The molecular weight excluding hydrogens is 232 g/mol. The van der Waals surface area contributed by atoms with E-state index in [9.17, 15) is 0 Å². The van der Waals surface area contributed by atoms with Crippen LogP contribution in [0.2, 0.25) is 0 Å². The number of allylic oxidation sites excluding steroid dienone is 2. The van der Waals surface area contributed by atoms with Crippen LogP contribution in [0.3, 0.4) is 0 Å². The first-order valence-corrected chi connectivity index (χ1v) is 6.39. The lowest BCUT2D eigenvalue weighted by molar-refractivity contribution is 0.745. The van der Waals surface area contributed by atoms with Crippen LogP contribution in [0.1, 0.15) is 5.56 Å². The van der Waals surface area contributed by atoms with Gasteiger partial charge in [0.05, 0.1) is 0 Å². The van der Waals surface area contributed by atoms with Gasteiger partial charge in [0.25, 0.3) is 0 Å². The summed E-state index contributed by atoms with van der Waals surface area (Å²) < 4.78 is 0. The number of nitrogens with one attached hydrogen (secondary N) is 1. The van der Waals surface area contributed by atoms with Gasteiger partial charge in [-0.25, -0.2) is 0 Å². The van der Waals surface area contributed by atoms with Gasteiger partial charge in [-0.2, -0.15) is 0 Å². The van der Waals surface area contributed by atoms with Gasteiger partial charge in [-0.3, -0.25) is 0 Å². The maximum absolute atomic E-state index is 6.03. The first-order valence-electron chi connectivity index (χ1n) is 6.39. The molecule has 1 aliphatic heterocycles. The molecule has 1 aliphatic rings. The summed E-state index contributed by atoms with van der Waals surface area (Å²) in [5.74, 6) is 0. The maximum atomic E-state index is 6.03. The van der Waals surface area contributed by atoms with Crippen molar-refractivity contribution in [2.75, 3.05) is 0 Å². The predicted molar refractivity (Wildman–Crippen MR) is 80.1 cm³/mol. The van der Waals surface area contributed by atoms with Crippen molar-refractivity contribution < 1.29 is 0 Å². The smallest absolute Gasteiger partial charge is 0.101 e. The van der Waals surface area contributed by atoms with Crippen LogP contribution in [-0.2, 0) is 0 Å². The van der Waals surface area contributed by atoms with Crippen molar-refractivity contribution >= 4 is 5.57 Å². The number of benzene rings is 2. The lowest BCUT2D eigenvalue weighted by Gasteiger charge is -2.19. The second-order valence-corrected chi connectivity index (χ2v) is 4.57. The van der Waals surface area contributed by atoms with Crippen molar-refractivity contribution in [3.05, 3.63) is 78.5 Å². The van der Waals surface area contributed by atoms with Crippen molar-refractivity contribution in [1.82, 2.24) is 5.32 Å². The van der Waals surface area contributed by atoms with E-state index in [2.05, 4.69) is 59.9 Å². The molecule has 2 aromatic carbocycles. The highest BCUT2D eigenvalue weighted by atomic mass is 15.0. The third-order valence-corrected chi connectivity index (χ3v) is 3.31. The van der Waals surface area contributed by atoms with E-state index in [0.29, 0.717) is 0 Å². The fraction of sp³-hybridized carbons (Fsp3) is 0.0588. The second kappa shape index (κ2) is 5.12. The summed E-state index contributed by atoms with van der Waals surface area (Å²) >= 11 is 0. The summed E-state index contributed by atoms with van der Waals surface area (Å²) in [4.78, 5) is 0. The summed E-state index contributed by atoms with van der Waals surface area (Å²) in [6.45, 7) is 0. The van der Waals surface area contributed by atoms with Gasteiger partial charge in [-0.1, -0.05) is 60.7 Å². The Morgan fingerprint density at radius 1 is 0.789 bits per heavy atom. The minimum Gasteiger partial charge on any atom is -0.372 e. The van der Waals surface area contributed by atoms with Gasteiger partial charge >= 0.3 is 0 Å². The molecule has 3 rings (SSSR count). The van der Waals surface area contributed by atoms with Crippen LogP contribution in [0.25, 0.3) is 16.7 Å². The third kappa shape index (κ3) is 2.44. The van der Waals surface area contributed by atoms with Gasteiger partial charge in [-0.15, -0.1) is 0 Å². The van der Waals surface area contributed by atoms with Crippen LogP contribution in [0.15, 0.2) is 72.9 Å². The molecular formula is C17H16N2. The van der Waals surface area contributed by atoms with Crippen LogP contribution in [0.4, 0.5) is 0 Å². The molecule has 2 heteroatoms. The molecule has 1 unspecified atom stereocenters. The number of hydrogen-bond donors (Lipinski definition) is 2. The summed E-state index contributed by atoms with van der Waals surface area (Å²) in [5.41, 5.74) is 10.7. The fourth-order valence-electron chi connectivity index (χ4n) is 2.27. The fourth-order valence-corrected chi connectivity index (χ4v) is 2.27. The zero-order valence-corrected chi connectivity index (χ0v) is 10.6. The van der Waals surface area contributed by atoms with Crippen molar-refractivity contribution in [3.63, 3.8) is 0 Å². The number of nitrogens with two attached hydrogens (primary N) is 1. The molecule has 2 aromatic rings. The zero-order chi connectivity index (χ0) is 13.1. The van der Waals surface area contributed by atoms with Gasteiger partial charge in [0, 0.05) is 0 Å². The highest BCUT2D eigenvalue weighted by Gasteiger charge is 2.11. The molecule has 3 N–H and O–H groups in total. The van der Waals surface area contributed by atoms with Crippen LogP contribution in [0.5, 0.6) is 0 Å². The first-order chi connectivity index (χ1) is 9.34. The van der Waals surface area contributed by atoms with E-state index in [1.807, 2.05) is 18.3 Å². The van der Waals surface area contributed by atoms with E-state index in [0.717, 1.165) is 11.1 Å². The molecule has 1 atom stereocenters. The average Bonchev–Trinajstić information content (AvgIpc) is 2.49. The summed E-state index contributed by atoms with van der Waals surface area (Å²) in [5, 5.41) is 3.11. The number of hydrogen-bond acceptors (Lipinski definition) is 2. The minimum absolute atomic E-state index is 0.132. The number of dihydropyridines is 1. The third-order valence-electron chi connectivity index (χ3n) is 3.31. The summed E-state index contributed by atoms with van der Waals surface area (Å²) in [7, 11) is 0. The Labute approximate surface area is 113 Å². The van der Waals surface area contributed by atoms with E-state index in [-0.39, 0.29) is 6.17 Å². The largest absolute Gasteiger partial charge is 0.372 e. The van der Waals surface area contributed by atoms with Gasteiger partial charge in [-0.05, 0) is 34.5 Å². The summed E-state index contributed by atoms with van der Waals surface area (Å²) in [6, 6.07) is 18.9. The topological polar surface area (TPSA) is 38.0 Å². The van der Waals surface area contributed by atoms with Crippen LogP contribution in [0, 0.1) is 0 Å². The molecule has 0 aliphatic carbocycles. The SMILES string of the molecule is NC1NC=CC=C1c1ccc(-c2ccccc2)cc1. The molecule has 19 heavy (non-hydrogen) atoms. The average molecular weight is 248 g/mol. The predicted octanol–water partition coefficient (Wildman–Crippen LogP) is 3.14. The van der Waals surface area contributed by atoms with Gasteiger partial charge in [0.15, 0.2) is 0 Å². The molecule has 0 fully saturated rings. The van der Waals surface area contributed by atoms with Gasteiger partial charge in [0.1, 0.15) is 6.17 Å².